The summed E-state index contributed by atoms with van der Waals surface area (Å²) in [6.45, 7) is 4.35. The number of hydrogen-bond donors (Lipinski definition) is 2. The van der Waals surface area contributed by atoms with Gasteiger partial charge in [0, 0.05) is 6.54 Å². The number of aryl methyl sites for hydroxylation is 2. The molecule has 0 spiro atoms. The molecule has 0 atom stereocenters. The van der Waals surface area contributed by atoms with E-state index in [1.807, 2.05) is 32.0 Å². The van der Waals surface area contributed by atoms with Crippen molar-refractivity contribution >= 4 is 6.03 Å². The molecule has 0 heterocycles. The maximum absolute atomic E-state index is 13.0. The molecule has 0 bridgehead atoms. The van der Waals surface area contributed by atoms with E-state index < -0.39 is 0 Å². The highest BCUT2D eigenvalue weighted by Crippen LogP contribution is 2.15. The quantitative estimate of drug-likeness (QED) is 0.833. The van der Waals surface area contributed by atoms with Crippen molar-refractivity contribution in [1.29, 1.82) is 0 Å². The van der Waals surface area contributed by atoms with Crippen molar-refractivity contribution < 1.29 is 13.9 Å². The number of benzene rings is 2. The van der Waals surface area contributed by atoms with Gasteiger partial charge in [0.15, 0.2) is 6.73 Å². The van der Waals surface area contributed by atoms with Gasteiger partial charge in [0.2, 0.25) is 0 Å². The minimum absolute atomic E-state index is 0.0669. The third-order valence-electron chi connectivity index (χ3n) is 3.29. The summed E-state index contributed by atoms with van der Waals surface area (Å²) in [7, 11) is 0. The van der Waals surface area contributed by atoms with Gasteiger partial charge in [-0.05, 0) is 54.8 Å². The van der Waals surface area contributed by atoms with E-state index in [1.165, 1.54) is 17.7 Å². The molecule has 2 amide bonds. The van der Waals surface area contributed by atoms with Crippen molar-refractivity contribution in [3.63, 3.8) is 0 Å². The van der Waals surface area contributed by atoms with Crippen LogP contribution in [0.4, 0.5) is 9.18 Å². The minimum atomic E-state index is -0.368. The van der Waals surface area contributed by atoms with Crippen LogP contribution in [-0.4, -0.2) is 12.8 Å². The fourth-order valence-corrected chi connectivity index (χ4v) is 1.88. The molecule has 5 heteroatoms. The van der Waals surface area contributed by atoms with Crippen molar-refractivity contribution in [3.8, 4) is 5.75 Å². The fourth-order valence-electron chi connectivity index (χ4n) is 1.88. The summed E-state index contributed by atoms with van der Waals surface area (Å²) in [5.41, 5.74) is 3.02. The Bertz CT molecular complexity index is 659. The van der Waals surface area contributed by atoms with Crippen LogP contribution in [0.1, 0.15) is 16.7 Å². The lowest BCUT2D eigenvalue weighted by Gasteiger charge is -2.10. The second-order valence-electron chi connectivity index (χ2n) is 5.02. The number of amides is 2. The van der Waals surface area contributed by atoms with Crippen LogP contribution in [0.2, 0.25) is 0 Å². The van der Waals surface area contributed by atoms with E-state index in [-0.39, 0.29) is 25.1 Å². The van der Waals surface area contributed by atoms with E-state index in [0.717, 1.165) is 5.56 Å². The number of halogens is 1. The molecule has 2 rings (SSSR count). The molecule has 2 N–H and O–H groups in total. The molecule has 0 aliphatic rings. The Hall–Kier alpha value is -2.56. The second kappa shape index (κ2) is 7.45. The molecular weight excluding hydrogens is 283 g/mol. The van der Waals surface area contributed by atoms with Crippen molar-refractivity contribution in [2.24, 2.45) is 0 Å². The van der Waals surface area contributed by atoms with Gasteiger partial charge in [-0.25, -0.2) is 9.18 Å². The third-order valence-corrected chi connectivity index (χ3v) is 3.29. The van der Waals surface area contributed by atoms with Crippen LogP contribution in [0.5, 0.6) is 5.75 Å². The van der Waals surface area contributed by atoms with Gasteiger partial charge in [-0.3, -0.25) is 0 Å². The first kappa shape index (κ1) is 15.8. The summed E-state index contributed by atoms with van der Waals surface area (Å²) in [5, 5.41) is 5.22. The number of hydrogen-bond acceptors (Lipinski definition) is 2. The average molecular weight is 302 g/mol. The van der Waals surface area contributed by atoms with E-state index >= 15 is 0 Å². The maximum atomic E-state index is 13.0. The number of nitrogens with one attached hydrogen (secondary N) is 2. The summed E-state index contributed by atoms with van der Waals surface area (Å²) >= 11 is 0. The minimum Gasteiger partial charge on any atom is -0.473 e. The first-order valence-electron chi connectivity index (χ1n) is 7.01. The van der Waals surface area contributed by atoms with E-state index in [4.69, 9.17) is 4.74 Å². The topological polar surface area (TPSA) is 50.4 Å². The van der Waals surface area contributed by atoms with E-state index in [1.54, 1.807) is 12.1 Å². The zero-order chi connectivity index (χ0) is 15.9. The van der Waals surface area contributed by atoms with E-state index in [0.29, 0.717) is 11.3 Å². The predicted molar refractivity (Wildman–Crippen MR) is 83.2 cm³/mol. The molecule has 2 aromatic carbocycles. The van der Waals surface area contributed by atoms with Gasteiger partial charge in [-0.1, -0.05) is 18.2 Å². The van der Waals surface area contributed by atoms with Gasteiger partial charge in [0.05, 0.1) is 0 Å². The molecule has 0 radical (unpaired) electrons. The molecular formula is C17H19FN2O2. The van der Waals surface area contributed by atoms with Crippen LogP contribution >= 0.6 is 0 Å². The molecule has 0 aliphatic carbocycles. The van der Waals surface area contributed by atoms with Crippen molar-refractivity contribution in [2.45, 2.75) is 20.4 Å². The first-order chi connectivity index (χ1) is 10.5. The van der Waals surface area contributed by atoms with Crippen LogP contribution in [0.25, 0.3) is 0 Å². The Balaban J connectivity index is 1.72. The third kappa shape index (κ3) is 4.77. The predicted octanol–water partition coefficient (Wildman–Crippen LogP) is 3.28. The lowest BCUT2D eigenvalue weighted by molar-refractivity contribution is 0.223. The highest BCUT2D eigenvalue weighted by atomic mass is 19.1. The van der Waals surface area contributed by atoms with Crippen LogP contribution < -0.4 is 15.4 Å². The Morgan fingerprint density at radius 2 is 1.91 bits per heavy atom. The first-order valence-corrected chi connectivity index (χ1v) is 7.01. The average Bonchev–Trinajstić information content (AvgIpc) is 2.49. The monoisotopic (exact) mass is 302 g/mol. The molecule has 0 fully saturated rings. The summed E-state index contributed by atoms with van der Waals surface area (Å²) in [5.74, 6) is 0.381. The molecule has 0 aliphatic heterocycles. The Kier molecular flexibility index (Phi) is 5.36. The normalized spacial score (nSPS) is 10.1. The zero-order valence-electron chi connectivity index (χ0n) is 12.7. The van der Waals surface area contributed by atoms with Crippen LogP contribution in [0.3, 0.4) is 0 Å². The molecule has 4 nitrogen and oxygen atoms in total. The largest absolute Gasteiger partial charge is 0.473 e. The molecule has 0 saturated heterocycles. The van der Waals surface area contributed by atoms with Crippen LogP contribution in [-0.2, 0) is 6.54 Å². The van der Waals surface area contributed by atoms with Gasteiger partial charge < -0.3 is 15.4 Å². The number of ether oxygens (including phenoxy) is 1. The lowest BCUT2D eigenvalue weighted by atomic mass is 10.1. The number of carbonyl (C=O) groups is 1. The molecule has 22 heavy (non-hydrogen) atoms. The summed E-state index contributed by atoms with van der Waals surface area (Å²) in [6, 6.07) is 11.5. The van der Waals surface area contributed by atoms with E-state index in [2.05, 4.69) is 10.6 Å². The van der Waals surface area contributed by atoms with Crippen LogP contribution in [0.15, 0.2) is 42.5 Å². The number of carbonyl (C=O) groups excluding carboxylic acids is 1. The second-order valence-corrected chi connectivity index (χ2v) is 5.02. The molecule has 0 unspecified atom stereocenters. The van der Waals surface area contributed by atoms with Crippen molar-refractivity contribution in [3.05, 3.63) is 65.0 Å². The highest BCUT2D eigenvalue weighted by molar-refractivity contribution is 5.73. The summed E-state index contributed by atoms with van der Waals surface area (Å²) in [4.78, 5) is 11.6. The van der Waals surface area contributed by atoms with Crippen LogP contribution in [0, 0.1) is 19.7 Å². The molecule has 0 aromatic heterocycles. The lowest BCUT2D eigenvalue weighted by Crippen LogP contribution is -2.37. The smallest absolute Gasteiger partial charge is 0.317 e. The summed E-state index contributed by atoms with van der Waals surface area (Å²) < 4.78 is 18.4. The molecule has 2 aromatic rings. The van der Waals surface area contributed by atoms with Gasteiger partial charge in [-0.15, -0.1) is 0 Å². The van der Waals surface area contributed by atoms with Gasteiger partial charge in [0.25, 0.3) is 0 Å². The van der Waals surface area contributed by atoms with Gasteiger partial charge >= 0.3 is 6.03 Å². The van der Waals surface area contributed by atoms with Gasteiger partial charge in [-0.2, -0.15) is 0 Å². The highest BCUT2D eigenvalue weighted by Gasteiger charge is 2.02. The maximum Gasteiger partial charge on any atom is 0.317 e. The Morgan fingerprint density at radius 3 is 2.64 bits per heavy atom. The van der Waals surface area contributed by atoms with Gasteiger partial charge in [0.1, 0.15) is 11.6 Å². The van der Waals surface area contributed by atoms with Crippen molar-refractivity contribution in [1.82, 2.24) is 10.6 Å². The SMILES string of the molecule is Cc1ccc(OCNC(=O)NCc2cccc(F)c2)cc1C. The molecule has 116 valence electrons. The number of rotatable bonds is 5. The Morgan fingerprint density at radius 1 is 1.09 bits per heavy atom. The summed E-state index contributed by atoms with van der Waals surface area (Å²) in [6.07, 6.45) is 0. The Labute approximate surface area is 129 Å². The zero-order valence-corrected chi connectivity index (χ0v) is 12.7. The molecule has 0 saturated carbocycles. The van der Waals surface area contributed by atoms with E-state index in [9.17, 15) is 9.18 Å². The standard InChI is InChI=1S/C17H19FN2O2/c1-12-6-7-16(8-13(12)2)22-11-20-17(21)19-10-14-4-3-5-15(18)9-14/h3-9H,10-11H2,1-2H3,(H2,19,20,21). The van der Waals surface area contributed by atoms with Crippen molar-refractivity contribution in [2.75, 3.05) is 6.73 Å². The number of urea groups is 1. The fraction of sp³-hybridized carbons (Fsp3) is 0.235.